The molecule has 0 spiro atoms. The van der Waals surface area contributed by atoms with Crippen molar-refractivity contribution in [3.05, 3.63) is 157 Å². The molecule has 0 saturated heterocycles. The Hall–Kier alpha value is -5.70. The summed E-state index contributed by atoms with van der Waals surface area (Å²) in [5.74, 6) is 2.34. The second-order valence-corrected chi connectivity index (χ2v) is 14.7. The van der Waals surface area contributed by atoms with E-state index < -0.39 is 7.14 Å². The van der Waals surface area contributed by atoms with Crippen LogP contribution in [-0.4, -0.2) is 4.98 Å². The van der Waals surface area contributed by atoms with Crippen LogP contribution in [0.2, 0.25) is 0 Å². The Morgan fingerprint density at radius 3 is 1.64 bits per heavy atom. The van der Waals surface area contributed by atoms with Gasteiger partial charge in [-0.3, -0.25) is 4.98 Å². The van der Waals surface area contributed by atoms with Gasteiger partial charge in [0, 0.05) is 23.5 Å². The van der Waals surface area contributed by atoms with Gasteiger partial charge < -0.3 is 14.0 Å². The molecule has 3 heterocycles. The summed E-state index contributed by atoms with van der Waals surface area (Å²) in [4.78, 5) is 4.37. The summed E-state index contributed by atoms with van der Waals surface area (Å²) in [6, 6.07) is 46.9. The highest BCUT2D eigenvalue weighted by Gasteiger charge is 2.47. The molecule has 0 N–H and O–H groups in total. The van der Waals surface area contributed by atoms with Gasteiger partial charge in [-0.15, -0.1) is 0 Å². The third-order valence-electron chi connectivity index (χ3n) is 9.06. The van der Waals surface area contributed by atoms with Crippen LogP contribution in [-0.2, 0) is 4.57 Å². The first kappa shape index (κ1) is 27.6. The first-order valence-electron chi connectivity index (χ1n) is 15.6. The lowest BCUT2D eigenvalue weighted by Crippen LogP contribution is -2.35. The Labute approximate surface area is 273 Å². The molecule has 2 aliphatic rings. The van der Waals surface area contributed by atoms with E-state index >= 15 is 4.57 Å². The van der Waals surface area contributed by atoms with Gasteiger partial charge in [0.15, 0.2) is 7.14 Å². The molecule has 7 aromatic rings. The van der Waals surface area contributed by atoms with Gasteiger partial charge in [-0.2, -0.15) is 0 Å². The first-order chi connectivity index (χ1) is 23.1. The van der Waals surface area contributed by atoms with Gasteiger partial charge in [-0.25, -0.2) is 0 Å². The monoisotopic (exact) mass is 625 g/mol. The standard InChI is InChI=1S/C42H28NO3P/c1-27-22-34(26-43-25-27)30-12-14-31(15-13-30)35-18-21-38-42-41(35)46-37-20-17-33(29-10-6-3-7-11-29)24-40(37)47(42,44)39-23-32(16-19-36(39)45-38)28-8-4-2-5-9-28/h2-26H,1H3. The molecule has 0 amide bonds. The molecule has 1 aromatic heterocycles. The topological polar surface area (TPSA) is 48.4 Å². The molecule has 0 saturated carbocycles. The molecule has 9 rings (SSSR count). The van der Waals surface area contributed by atoms with Crippen molar-refractivity contribution < 1.29 is 14.0 Å². The maximum Gasteiger partial charge on any atom is 0.185 e. The third-order valence-corrected chi connectivity index (χ3v) is 12.2. The summed E-state index contributed by atoms with van der Waals surface area (Å²) in [6.45, 7) is 2.04. The average molecular weight is 626 g/mol. The molecule has 1 atom stereocenters. The van der Waals surface area contributed by atoms with Crippen LogP contribution in [0.4, 0.5) is 0 Å². The van der Waals surface area contributed by atoms with Crippen molar-refractivity contribution in [3.8, 4) is 67.5 Å². The SMILES string of the molecule is Cc1cncc(-c2ccc(-c3ccc4c5c3Oc3ccc(-c6ccccc6)cc3P5(=O)c3cc(-c5ccccc5)ccc3O4)cc2)c1. The molecule has 2 aliphatic heterocycles. The number of rotatable bonds is 4. The summed E-state index contributed by atoms with van der Waals surface area (Å²) >= 11 is 0. The molecule has 0 radical (unpaired) electrons. The van der Waals surface area contributed by atoms with Crippen molar-refractivity contribution in [3.63, 3.8) is 0 Å². The number of nitrogens with zero attached hydrogens (tertiary/aromatic N) is 1. The van der Waals surface area contributed by atoms with Crippen molar-refractivity contribution in [1.82, 2.24) is 4.98 Å². The predicted molar refractivity (Wildman–Crippen MR) is 190 cm³/mol. The summed E-state index contributed by atoms with van der Waals surface area (Å²) in [6.07, 6.45) is 3.73. The molecule has 4 nitrogen and oxygen atoms in total. The van der Waals surface area contributed by atoms with E-state index in [4.69, 9.17) is 9.47 Å². The lowest BCUT2D eigenvalue weighted by Gasteiger charge is -2.36. The number of pyridine rings is 1. The molecule has 6 aromatic carbocycles. The maximum atomic E-state index is 16.2. The van der Waals surface area contributed by atoms with Gasteiger partial charge in [0.1, 0.15) is 28.3 Å². The highest BCUT2D eigenvalue weighted by molar-refractivity contribution is 7.86. The Morgan fingerprint density at radius 2 is 1.02 bits per heavy atom. The molecule has 0 bridgehead atoms. The van der Waals surface area contributed by atoms with Gasteiger partial charge >= 0.3 is 0 Å². The zero-order valence-corrected chi connectivity index (χ0v) is 26.4. The minimum Gasteiger partial charge on any atom is -0.456 e. The molecule has 0 fully saturated rings. The number of ether oxygens (including phenoxy) is 2. The van der Waals surface area contributed by atoms with E-state index in [2.05, 4.69) is 59.6 Å². The quantitative estimate of drug-likeness (QED) is 0.183. The van der Waals surface area contributed by atoms with E-state index in [9.17, 15) is 0 Å². The fourth-order valence-corrected chi connectivity index (χ4v) is 9.87. The molecule has 0 aliphatic carbocycles. The van der Waals surface area contributed by atoms with Crippen LogP contribution < -0.4 is 25.4 Å². The number of benzene rings is 6. The average Bonchev–Trinajstić information content (AvgIpc) is 3.12. The Kier molecular flexibility index (Phi) is 6.28. The van der Waals surface area contributed by atoms with Gasteiger partial charge in [0.25, 0.3) is 0 Å². The zero-order valence-electron chi connectivity index (χ0n) is 25.6. The summed E-state index contributed by atoms with van der Waals surface area (Å²) < 4.78 is 29.5. The fraction of sp³-hybridized carbons (Fsp3) is 0.0238. The largest absolute Gasteiger partial charge is 0.456 e. The zero-order chi connectivity index (χ0) is 31.5. The van der Waals surface area contributed by atoms with Crippen LogP contribution >= 0.6 is 7.14 Å². The van der Waals surface area contributed by atoms with E-state index in [0.717, 1.165) is 50.1 Å². The van der Waals surface area contributed by atoms with Gasteiger partial charge in [0.2, 0.25) is 0 Å². The second kappa shape index (κ2) is 10.7. The fourth-order valence-electron chi connectivity index (χ4n) is 6.74. The minimum absolute atomic E-state index is 0.560. The lowest BCUT2D eigenvalue weighted by molar-refractivity contribution is 0.463. The molecule has 47 heavy (non-hydrogen) atoms. The van der Waals surface area contributed by atoms with E-state index in [0.29, 0.717) is 38.9 Å². The van der Waals surface area contributed by atoms with Crippen LogP contribution in [0.15, 0.2) is 152 Å². The summed E-state index contributed by atoms with van der Waals surface area (Å²) in [5, 5.41) is 1.97. The Morgan fingerprint density at radius 1 is 0.489 bits per heavy atom. The van der Waals surface area contributed by atoms with Gasteiger partial charge in [-0.1, -0.05) is 97.1 Å². The molecular formula is C42H28NO3P. The number of hydrogen-bond donors (Lipinski definition) is 0. The van der Waals surface area contributed by atoms with Gasteiger partial charge in [0.05, 0.1) is 10.6 Å². The number of aryl methyl sites for hydroxylation is 1. The number of hydrogen-bond acceptors (Lipinski definition) is 4. The Balaban J connectivity index is 1.26. The Bertz CT molecular complexity index is 2330. The van der Waals surface area contributed by atoms with Crippen molar-refractivity contribution in [2.45, 2.75) is 6.92 Å². The highest BCUT2D eigenvalue weighted by atomic mass is 31.2. The summed E-state index contributed by atoms with van der Waals surface area (Å²) in [5.41, 5.74) is 9.15. The third kappa shape index (κ3) is 4.45. The first-order valence-corrected chi connectivity index (χ1v) is 17.3. The maximum absolute atomic E-state index is 16.2. The predicted octanol–water partition coefficient (Wildman–Crippen LogP) is 9.91. The van der Waals surface area contributed by atoms with Crippen LogP contribution in [0.25, 0.3) is 44.5 Å². The van der Waals surface area contributed by atoms with Crippen LogP contribution in [0, 0.1) is 6.92 Å². The highest BCUT2D eigenvalue weighted by Crippen LogP contribution is 2.60. The van der Waals surface area contributed by atoms with Crippen LogP contribution in [0.1, 0.15) is 5.56 Å². The second-order valence-electron chi connectivity index (χ2n) is 12.0. The van der Waals surface area contributed by atoms with E-state index in [1.165, 1.54) is 0 Å². The molecule has 5 heteroatoms. The number of fused-ring (bicyclic) bond motifs is 4. The smallest absolute Gasteiger partial charge is 0.185 e. The van der Waals surface area contributed by atoms with E-state index in [1.807, 2.05) is 104 Å². The van der Waals surface area contributed by atoms with Crippen molar-refractivity contribution >= 4 is 23.1 Å². The summed E-state index contributed by atoms with van der Waals surface area (Å²) in [7, 11) is -3.48. The van der Waals surface area contributed by atoms with Crippen molar-refractivity contribution in [2.24, 2.45) is 0 Å². The van der Waals surface area contributed by atoms with E-state index in [-0.39, 0.29) is 0 Å². The number of aromatic nitrogens is 1. The van der Waals surface area contributed by atoms with Crippen molar-refractivity contribution in [1.29, 1.82) is 0 Å². The van der Waals surface area contributed by atoms with Crippen LogP contribution in [0.3, 0.4) is 0 Å². The lowest BCUT2D eigenvalue weighted by atomic mass is 9.99. The molecule has 224 valence electrons. The van der Waals surface area contributed by atoms with Crippen molar-refractivity contribution in [2.75, 3.05) is 0 Å². The minimum atomic E-state index is -3.48. The molecular weight excluding hydrogens is 597 g/mol. The molecule has 1 unspecified atom stereocenters. The van der Waals surface area contributed by atoms with Crippen LogP contribution in [0.5, 0.6) is 23.0 Å². The normalized spacial score (nSPS) is 15.4. The van der Waals surface area contributed by atoms with Gasteiger partial charge in [-0.05, 0) is 88.3 Å². The van der Waals surface area contributed by atoms with E-state index in [1.54, 1.807) is 0 Å².